The Morgan fingerprint density at radius 3 is 1.71 bits per heavy atom. The summed E-state index contributed by atoms with van der Waals surface area (Å²) < 4.78 is 75.4. The number of rotatable bonds is 12. The zero-order valence-corrected chi connectivity index (χ0v) is 21.6. The van der Waals surface area contributed by atoms with Crippen molar-refractivity contribution in [3.8, 4) is 0 Å². The van der Waals surface area contributed by atoms with E-state index in [4.69, 9.17) is 17.3 Å². The Labute approximate surface area is 196 Å². The number of phosphoric ester groups is 2. The molecule has 0 spiro atoms. The maximum absolute atomic E-state index is 12.1. The van der Waals surface area contributed by atoms with Crippen LogP contribution >= 0.6 is 30.8 Å². The summed E-state index contributed by atoms with van der Waals surface area (Å²) >= 11 is 0. The summed E-state index contributed by atoms with van der Waals surface area (Å²) in [4.78, 5) is 38.7. The van der Waals surface area contributed by atoms with E-state index in [1.54, 1.807) is 6.92 Å². The molecule has 6 N–H and O–H groups in total. The summed E-state index contributed by atoms with van der Waals surface area (Å²) in [5.41, 5.74) is 0. The van der Waals surface area contributed by atoms with Gasteiger partial charge in [-0.25, -0.2) is 17.8 Å². The molecule has 198 valence electrons. The molecule has 0 aliphatic carbocycles. The lowest BCUT2D eigenvalue weighted by molar-refractivity contribution is -0.0164. The van der Waals surface area contributed by atoms with Gasteiger partial charge < -0.3 is 39.3 Å². The molecule has 34 heavy (non-hydrogen) atoms. The Morgan fingerprint density at radius 1 is 0.853 bits per heavy atom. The summed E-state index contributed by atoms with van der Waals surface area (Å²) in [5, 5.41) is 19.6. The van der Waals surface area contributed by atoms with Crippen molar-refractivity contribution in [2.75, 3.05) is 19.1 Å². The Morgan fingerprint density at radius 2 is 1.32 bits per heavy atom. The van der Waals surface area contributed by atoms with Crippen molar-refractivity contribution in [1.29, 1.82) is 0 Å². The van der Waals surface area contributed by atoms with E-state index in [1.807, 2.05) is 0 Å². The van der Waals surface area contributed by atoms with Crippen LogP contribution in [0.4, 0.5) is 0 Å². The molecule has 2 aliphatic rings. The van der Waals surface area contributed by atoms with Gasteiger partial charge in [0.25, 0.3) is 0 Å². The first-order valence-corrected chi connectivity index (χ1v) is 16.3. The highest BCUT2D eigenvalue weighted by Crippen LogP contribution is 2.70. The Hall–Kier alpha value is 0.505. The van der Waals surface area contributed by atoms with Crippen LogP contribution in [-0.2, 0) is 45.4 Å². The van der Waals surface area contributed by atoms with Gasteiger partial charge in [-0.05, 0) is 6.92 Å². The molecule has 2 aliphatic heterocycles. The van der Waals surface area contributed by atoms with E-state index in [1.165, 1.54) is 6.92 Å². The van der Waals surface area contributed by atoms with Crippen LogP contribution in [0.25, 0.3) is 0 Å². The van der Waals surface area contributed by atoms with Crippen molar-refractivity contribution in [3.63, 3.8) is 0 Å². The molecule has 2 radical (unpaired) electrons. The molecule has 0 aromatic heterocycles. The molecule has 11 atom stereocenters. The third-order valence-corrected chi connectivity index (χ3v) is 12.3. The van der Waals surface area contributed by atoms with Crippen LogP contribution in [0.15, 0.2) is 0 Å². The maximum Gasteiger partial charge on any atom is 0.479 e. The summed E-state index contributed by atoms with van der Waals surface area (Å²) in [7, 11) is -16.0. The molecule has 0 amide bonds. The van der Waals surface area contributed by atoms with Crippen molar-refractivity contribution >= 4 is 38.7 Å². The molecule has 0 bridgehead atoms. The first-order valence-electron chi connectivity index (χ1n) is 9.75. The monoisotopic (exact) mass is 574 g/mol. The molecule has 0 aromatic rings. The fraction of sp³-hybridized carbons (Fsp3) is 1.00. The molecular weight excluding hydrogens is 547 g/mol. The third kappa shape index (κ3) is 9.43. The van der Waals surface area contributed by atoms with Crippen molar-refractivity contribution < 1.29 is 75.2 Å². The van der Waals surface area contributed by atoms with Gasteiger partial charge in [0.2, 0.25) is 0 Å². The molecule has 0 aromatic carbocycles. The minimum Gasteiger partial charge on any atom is -0.390 e. The van der Waals surface area contributed by atoms with Gasteiger partial charge in [-0.2, -0.15) is 0 Å². The molecule has 2 fully saturated rings. The van der Waals surface area contributed by atoms with Crippen molar-refractivity contribution in [1.82, 2.24) is 0 Å². The van der Waals surface area contributed by atoms with Crippen LogP contribution < -0.4 is 0 Å². The highest BCUT2D eigenvalue weighted by Gasteiger charge is 2.46. The summed E-state index contributed by atoms with van der Waals surface area (Å²) in [5.74, 6) is -2.43. The number of phosphoric acid groups is 2. The largest absolute Gasteiger partial charge is 0.479 e. The van der Waals surface area contributed by atoms with Crippen LogP contribution in [0.1, 0.15) is 20.3 Å². The molecule has 6 unspecified atom stereocenters. The van der Waals surface area contributed by atoms with Crippen LogP contribution in [0, 0.1) is 5.92 Å². The predicted molar refractivity (Wildman–Crippen MR) is 113 cm³/mol. The number of aliphatic hydroxyl groups excluding tert-OH is 2. The van der Waals surface area contributed by atoms with Gasteiger partial charge in [-0.3, -0.25) is 18.2 Å². The second-order valence-corrected chi connectivity index (χ2v) is 15.3. The van der Waals surface area contributed by atoms with Gasteiger partial charge in [-0.15, -0.1) is 0 Å². The number of hydrogen-bond acceptors (Lipinski definition) is 12. The van der Waals surface area contributed by atoms with E-state index < -0.39 is 86.3 Å². The molecule has 2 rings (SSSR count). The second kappa shape index (κ2) is 11.5. The summed E-state index contributed by atoms with van der Waals surface area (Å²) in [6, 6.07) is -0.896. The van der Waals surface area contributed by atoms with E-state index in [-0.39, 0.29) is 12.5 Å². The smallest absolute Gasteiger partial charge is 0.390 e. The van der Waals surface area contributed by atoms with Crippen LogP contribution in [-0.4, -0.2) is 93.3 Å². The van der Waals surface area contributed by atoms with Crippen molar-refractivity contribution in [2.45, 2.75) is 56.8 Å². The Bertz CT molecular complexity index is 902. The van der Waals surface area contributed by atoms with E-state index in [0.717, 1.165) is 0 Å². The van der Waals surface area contributed by atoms with Gasteiger partial charge in [-0.1, -0.05) is 6.92 Å². The van der Waals surface area contributed by atoms with Gasteiger partial charge in [0.15, 0.2) is 5.90 Å². The van der Waals surface area contributed by atoms with Crippen molar-refractivity contribution in [3.05, 3.63) is 0 Å². The van der Waals surface area contributed by atoms with Crippen molar-refractivity contribution in [2.24, 2.45) is 5.92 Å². The molecule has 2 heterocycles. The van der Waals surface area contributed by atoms with Crippen LogP contribution in [0.3, 0.4) is 0 Å². The van der Waals surface area contributed by atoms with E-state index in [0.29, 0.717) is 0 Å². The SMILES string of the molecule is [B][C@@H]1O[C@H](COP(=O)(O)OP(=O)(O)CP(=O)(O)OP(=O)(O)OC[C@H]2O[C@@H](C)C[C@H]2O)C(O)C1C. The van der Waals surface area contributed by atoms with Gasteiger partial charge in [0, 0.05) is 18.3 Å². The number of ether oxygens (including phenoxy) is 2. The van der Waals surface area contributed by atoms with Gasteiger partial charge >= 0.3 is 30.8 Å². The minimum absolute atomic E-state index is 0.217. The topological polar surface area (TPSA) is 245 Å². The zero-order valence-electron chi connectivity index (χ0n) is 18.0. The Balaban J connectivity index is 1.89. The maximum atomic E-state index is 12.1. The molecule has 0 saturated carbocycles. The second-order valence-electron chi connectivity index (χ2n) is 7.89. The number of hydrogen-bond donors (Lipinski definition) is 6. The van der Waals surface area contributed by atoms with E-state index in [9.17, 15) is 48.0 Å². The average Bonchev–Trinajstić information content (AvgIpc) is 3.07. The molecule has 21 heteroatoms. The average molecular weight is 574 g/mol. The molecule has 2 saturated heterocycles. The molecule has 16 nitrogen and oxygen atoms in total. The summed E-state index contributed by atoms with van der Waals surface area (Å²) in [6.07, 6.45) is -4.56. The van der Waals surface area contributed by atoms with Gasteiger partial charge in [0.1, 0.15) is 20.1 Å². The highest BCUT2D eigenvalue weighted by molar-refractivity contribution is 7.76. The fourth-order valence-corrected chi connectivity index (χ4v) is 9.92. The Kier molecular flexibility index (Phi) is 10.4. The normalized spacial score (nSPS) is 39.1. The van der Waals surface area contributed by atoms with Crippen LogP contribution in [0.5, 0.6) is 0 Å². The zero-order chi connectivity index (χ0) is 26.1. The van der Waals surface area contributed by atoms with E-state index >= 15 is 0 Å². The lowest BCUT2D eigenvalue weighted by Gasteiger charge is -2.22. The lowest BCUT2D eigenvalue weighted by Crippen LogP contribution is -2.29. The van der Waals surface area contributed by atoms with Gasteiger partial charge in [0.05, 0.1) is 31.5 Å². The highest BCUT2D eigenvalue weighted by atomic mass is 31.3. The number of aliphatic hydroxyl groups is 2. The first-order chi connectivity index (χ1) is 15.3. The standard InChI is InChI=1S/C13H27BO16P4/c1-7-3-9(15)10(27-7)4-25-33(21,22)29-31(17,18)6-32(19,20)30-34(23,24)26-5-11-12(16)8(2)13(14)28-11/h7-13,15-16H,3-6H2,1-2H3,(H,17,18)(H,19,20)(H,21,22)(H,23,24)/t7-,8?,9+,10+,11+,12?,13+/m0/s1. The van der Waals surface area contributed by atoms with Crippen LogP contribution in [0.2, 0.25) is 0 Å². The molecular formula is C13H27BO16P4. The predicted octanol–water partition coefficient (Wildman–Crippen LogP) is 0.0106. The quantitative estimate of drug-likeness (QED) is 0.133. The minimum atomic E-state index is -5.44. The fourth-order valence-electron chi connectivity index (χ4n) is 3.15. The first kappa shape index (κ1) is 30.7. The lowest BCUT2D eigenvalue weighted by atomic mass is 9.86. The summed E-state index contributed by atoms with van der Waals surface area (Å²) in [6.45, 7) is 1.68. The van der Waals surface area contributed by atoms with E-state index in [2.05, 4.69) is 17.7 Å². The third-order valence-electron chi connectivity index (χ3n) is 4.80.